The molecule has 35 heavy (non-hydrogen) atoms. The van der Waals surface area contributed by atoms with Crippen molar-refractivity contribution in [3.05, 3.63) is 47.2 Å². The third-order valence-corrected chi connectivity index (χ3v) is 6.77. The van der Waals surface area contributed by atoms with Crippen LogP contribution in [0.15, 0.2) is 36.7 Å². The number of hydrogen-bond donors (Lipinski definition) is 3. The first-order valence-electron chi connectivity index (χ1n) is 11.6. The first-order chi connectivity index (χ1) is 16.8. The molecule has 2 amide bonds. The molecule has 4 N–H and O–H groups in total. The number of piperidine rings is 1. The number of nitrogens with one attached hydrogen (secondary N) is 2. The smallest absolute Gasteiger partial charge is 0.314 e. The van der Waals surface area contributed by atoms with E-state index in [4.69, 9.17) is 11.1 Å². The van der Waals surface area contributed by atoms with Gasteiger partial charge in [-0.1, -0.05) is 19.1 Å². The van der Waals surface area contributed by atoms with Gasteiger partial charge < -0.3 is 26.3 Å². The number of para-hydroxylation sites is 1. The molecule has 0 saturated carbocycles. The first kappa shape index (κ1) is 26.2. The van der Waals surface area contributed by atoms with Gasteiger partial charge >= 0.3 is 11.8 Å². The highest BCUT2D eigenvalue weighted by Gasteiger charge is 2.26. The van der Waals surface area contributed by atoms with Crippen molar-refractivity contribution in [1.82, 2.24) is 19.8 Å². The molecule has 1 aliphatic rings. The average molecular weight is 496 g/mol. The van der Waals surface area contributed by atoms with Crippen molar-refractivity contribution < 1.29 is 9.59 Å². The Hall–Kier alpha value is -3.37. The molecule has 0 bridgehead atoms. The van der Waals surface area contributed by atoms with Crippen LogP contribution in [0.2, 0.25) is 0 Å². The summed E-state index contributed by atoms with van der Waals surface area (Å²) in [4.78, 5) is 36.4. The molecular formula is C25H33N7O2S. The molecule has 2 aromatic heterocycles. The minimum absolute atomic E-state index is 0.230. The lowest BCUT2D eigenvalue weighted by molar-refractivity contribution is -0.144. The van der Waals surface area contributed by atoms with Crippen molar-refractivity contribution in [2.24, 2.45) is 5.92 Å². The summed E-state index contributed by atoms with van der Waals surface area (Å²) in [6.45, 7) is 4.33. The van der Waals surface area contributed by atoms with Crippen molar-refractivity contribution in [3.63, 3.8) is 0 Å². The van der Waals surface area contributed by atoms with Gasteiger partial charge in [-0.25, -0.2) is 4.98 Å². The van der Waals surface area contributed by atoms with Crippen LogP contribution in [0.4, 0.5) is 11.4 Å². The van der Waals surface area contributed by atoms with E-state index in [1.165, 1.54) is 22.1 Å². The van der Waals surface area contributed by atoms with Crippen molar-refractivity contribution >= 4 is 51.0 Å². The Labute approximate surface area is 209 Å². The molecule has 1 aromatic carbocycles. The van der Waals surface area contributed by atoms with Gasteiger partial charge in [-0.3, -0.25) is 14.6 Å². The molecule has 1 aliphatic heterocycles. The molecule has 3 aromatic rings. The Morgan fingerprint density at radius 2 is 2.09 bits per heavy atom. The van der Waals surface area contributed by atoms with Gasteiger partial charge in [0.05, 0.1) is 32.8 Å². The second-order valence-corrected chi connectivity index (χ2v) is 10.0. The van der Waals surface area contributed by atoms with E-state index >= 15 is 0 Å². The van der Waals surface area contributed by atoms with E-state index in [1.54, 1.807) is 16.2 Å². The molecule has 3 heterocycles. The number of anilines is 2. The molecule has 1 unspecified atom stereocenters. The molecular weight excluding hydrogens is 462 g/mol. The Morgan fingerprint density at radius 1 is 1.31 bits per heavy atom. The van der Waals surface area contributed by atoms with Gasteiger partial charge in [0.25, 0.3) is 0 Å². The van der Waals surface area contributed by atoms with Crippen LogP contribution in [-0.4, -0.2) is 71.5 Å². The molecule has 0 spiro atoms. The summed E-state index contributed by atoms with van der Waals surface area (Å²) < 4.78 is 1.29. The molecule has 1 atom stereocenters. The van der Waals surface area contributed by atoms with Crippen molar-refractivity contribution in [1.29, 1.82) is 5.41 Å². The quantitative estimate of drug-likeness (QED) is 0.368. The van der Waals surface area contributed by atoms with E-state index < -0.39 is 11.8 Å². The van der Waals surface area contributed by atoms with Gasteiger partial charge in [0.15, 0.2) is 0 Å². The number of rotatable bonds is 5. The normalized spacial score (nSPS) is 15.4. The van der Waals surface area contributed by atoms with Crippen LogP contribution < -0.4 is 11.1 Å². The van der Waals surface area contributed by atoms with Crippen LogP contribution in [0.5, 0.6) is 0 Å². The lowest BCUT2D eigenvalue weighted by Gasteiger charge is -2.30. The number of fused-ring (bicyclic) bond motifs is 1. The fraction of sp³-hybridized carbons (Fsp3) is 0.400. The van der Waals surface area contributed by atoms with Crippen LogP contribution in [0, 0.1) is 11.3 Å². The third-order valence-electron chi connectivity index (χ3n) is 5.67. The predicted octanol–water partition coefficient (Wildman–Crippen LogP) is 3.26. The monoisotopic (exact) mass is 495 g/mol. The number of benzene rings is 1. The zero-order valence-electron chi connectivity index (χ0n) is 20.5. The summed E-state index contributed by atoms with van der Waals surface area (Å²) in [5.74, 6) is -0.871. The van der Waals surface area contributed by atoms with Gasteiger partial charge in [0, 0.05) is 44.0 Å². The van der Waals surface area contributed by atoms with E-state index in [0.29, 0.717) is 24.6 Å². The zero-order valence-corrected chi connectivity index (χ0v) is 21.3. The molecule has 0 aliphatic carbocycles. The van der Waals surface area contributed by atoms with E-state index in [1.807, 2.05) is 6.07 Å². The number of aromatic nitrogens is 2. The highest BCUT2D eigenvalue weighted by atomic mass is 32.1. The molecule has 4 rings (SSSR count). The maximum absolute atomic E-state index is 12.1. The summed E-state index contributed by atoms with van der Waals surface area (Å²) in [5.41, 5.74) is 7.82. The molecule has 9 nitrogen and oxygen atoms in total. The second-order valence-electron chi connectivity index (χ2n) is 8.92. The van der Waals surface area contributed by atoms with E-state index in [-0.39, 0.29) is 11.4 Å². The lowest BCUT2D eigenvalue weighted by atomic mass is 10.0. The van der Waals surface area contributed by atoms with Crippen LogP contribution in [0.1, 0.15) is 30.3 Å². The maximum Gasteiger partial charge on any atom is 0.314 e. The van der Waals surface area contributed by atoms with Crippen molar-refractivity contribution in [2.45, 2.75) is 26.2 Å². The molecule has 1 fully saturated rings. The summed E-state index contributed by atoms with van der Waals surface area (Å²) in [6, 6.07) is 8.31. The van der Waals surface area contributed by atoms with Gasteiger partial charge in [0.1, 0.15) is 0 Å². The topological polar surface area (TPSA) is 128 Å². The Kier molecular flexibility index (Phi) is 9.27. The number of likely N-dealkylation sites (N-methyl/N-ethyl adjacent to an activating group) is 1. The van der Waals surface area contributed by atoms with E-state index in [9.17, 15) is 9.59 Å². The van der Waals surface area contributed by atoms with Gasteiger partial charge in [-0.2, -0.15) is 0 Å². The number of hydrogen-bond acceptors (Lipinski definition) is 8. The standard InChI is InChI=1S/C14H19N5O2.C11H14N2S/c1-9-3-2-4-19(8-9)14(21)13(20)18-11-7-17-6-10(5-15)12(11)16;1-13(2)8-7-11-12-9-5-3-4-6-10(9)14-11/h5-7,9,15H,2-4,8H2,1H3,(H2,16,17)(H,18,20);3-6H,7-8H2,1-2H3. The molecule has 1 saturated heterocycles. The van der Waals surface area contributed by atoms with Crippen LogP contribution in [-0.2, 0) is 16.0 Å². The number of carbonyl (C=O) groups excluding carboxylic acids is 2. The number of carbonyl (C=O) groups is 2. The summed E-state index contributed by atoms with van der Waals surface area (Å²) in [6.07, 6.45) is 6.87. The zero-order chi connectivity index (χ0) is 25.4. The number of nitrogens with zero attached hydrogens (tertiary/aromatic N) is 4. The maximum atomic E-state index is 12.1. The number of pyridine rings is 1. The number of amides is 2. The molecule has 10 heteroatoms. The summed E-state index contributed by atoms with van der Waals surface area (Å²) in [5, 5.41) is 10.9. The minimum atomic E-state index is -0.722. The van der Waals surface area contributed by atoms with E-state index in [2.05, 4.69) is 59.4 Å². The minimum Gasteiger partial charge on any atom is -0.396 e. The number of likely N-dealkylation sites (tertiary alicyclic amines) is 1. The van der Waals surface area contributed by atoms with Crippen LogP contribution in [0.25, 0.3) is 10.2 Å². The Bertz CT molecular complexity index is 1140. The number of thiazole rings is 1. The van der Waals surface area contributed by atoms with Gasteiger partial charge in [-0.05, 0) is 45.0 Å². The Morgan fingerprint density at radius 3 is 2.77 bits per heavy atom. The lowest BCUT2D eigenvalue weighted by Crippen LogP contribution is -2.44. The van der Waals surface area contributed by atoms with Crippen molar-refractivity contribution in [2.75, 3.05) is 44.8 Å². The predicted molar refractivity (Wildman–Crippen MR) is 142 cm³/mol. The SMILES string of the molecule is CC1CCCN(C(=O)C(=O)Nc2cncc(C=N)c2N)C1.CN(C)CCc1nc2ccccc2s1. The van der Waals surface area contributed by atoms with Crippen molar-refractivity contribution in [3.8, 4) is 0 Å². The molecule has 0 radical (unpaired) electrons. The summed E-state index contributed by atoms with van der Waals surface area (Å²) in [7, 11) is 4.18. The van der Waals surface area contributed by atoms with Crippen LogP contribution in [0.3, 0.4) is 0 Å². The number of nitrogen functional groups attached to an aromatic ring is 1. The van der Waals surface area contributed by atoms with Gasteiger partial charge in [-0.15, -0.1) is 11.3 Å². The molecule has 186 valence electrons. The van der Waals surface area contributed by atoms with Crippen LogP contribution >= 0.6 is 11.3 Å². The third kappa shape index (κ3) is 7.30. The fourth-order valence-corrected chi connectivity index (χ4v) is 4.70. The van der Waals surface area contributed by atoms with E-state index in [0.717, 1.165) is 37.5 Å². The highest BCUT2D eigenvalue weighted by molar-refractivity contribution is 7.18. The first-order valence-corrected chi connectivity index (χ1v) is 12.4. The number of nitrogens with two attached hydrogens (primary N) is 1. The summed E-state index contributed by atoms with van der Waals surface area (Å²) >= 11 is 1.80. The second kappa shape index (κ2) is 12.4. The largest absolute Gasteiger partial charge is 0.396 e. The fourth-order valence-electron chi connectivity index (χ4n) is 3.74. The van der Waals surface area contributed by atoms with Gasteiger partial charge in [0.2, 0.25) is 0 Å². The highest BCUT2D eigenvalue weighted by Crippen LogP contribution is 2.22. The Balaban J connectivity index is 0.000000211. The average Bonchev–Trinajstić information content (AvgIpc) is 3.27.